The Morgan fingerprint density at radius 3 is 2.44 bits per heavy atom. The molecular weight excluding hydrogens is 224 g/mol. The molecule has 2 aromatic rings. The van der Waals surface area contributed by atoms with Crippen molar-refractivity contribution < 1.29 is 4.74 Å². The first-order chi connectivity index (χ1) is 8.45. The van der Waals surface area contributed by atoms with Crippen molar-refractivity contribution >= 4 is 0 Å². The number of para-hydroxylation sites is 1. The predicted molar refractivity (Wildman–Crippen MR) is 74.0 cm³/mol. The van der Waals surface area contributed by atoms with E-state index in [2.05, 4.69) is 37.9 Å². The number of benzene rings is 1. The maximum absolute atomic E-state index is 5.42. The predicted octanol–water partition coefficient (Wildman–Crippen LogP) is 3.69. The third-order valence-electron chi connectivity index (χ3n) is 3.06. The van der Waals surface area contributed by atoms with Crippen LogP contribution in [0, 0.1) is 6.92 Å². The molecule has 1 aromatic heterocycles. The summed E-state index contributed by atoms with van der Waals surface area (Å²) in [7, 11) is 1.69. The van der Waals surface area contributed by atoms with Crippen molar-refractivity contribution in [1.29, 1.82) is 0 Å². The zero-order valence-electron chi connectivity index (χ0n) is 11.7. The molecule has 0 aliphatic rings. The molecule has 0 amide bonds. The highest BCUT2D eigenvalue weighted by atomic mass is 16.5. The quantitative estimate of drug-likeness (QED) is 0.874. The number of aromatic amines is 1. The van der Waals surface area contributed by atoms with E-state index in [0.717, 1.165) is 22.7 Å². The number of nitrogens with zero attached hydrogens (tertiary/aromatic N) is 1. The van der Waals surface area contributed by atoms with Gasteiger partial charge in [0.2, 0.25) is 0 Å². The fraction of sp³-hybridized carbons (Fsp3) is 0.400. The van der Waals surface area contributed by atoms with E-state index in [0.29, 0.717) is 0 Å². The summed E-state index contributed by atoms with van der Waals surface area (Å²) in [6.07, 6.45) is 0. The van der Waals surface area contributed by atoms with Crippen molar-refractivity contribution in [3.05, 3.63) is 35.5 Å². The molecule has 0 saturated carbocycles. The van der Waals surface area contributed by atoms with Gasteiger partial charge < -0.3 is 4.74 Å². The van der Waals surface area contributed by atoms with E-state index in [1.54, 1.807) is 7.11 Å². The SMILES string of the molecule is COc1ccccc1-c1n[nH]c(C)c1C(C)(C)C. The van der Waals surface area contributed by atoms with Gasteiger partial charge in [-0.2, -0.15) is 5.10 Å². The molecule has 0 atom stereocenters. The molecule has 96 valence electrons. The van der Waals surface area contributed by atoms with Crippen LogP contribution in [0.1, 0.15) is 32.0 Å². The molecule has 0 spiro atoms. The summed E-state index contributed by atoms with van der Waals surface area (Å²) in [6.45, 7) is 8.66. The first-order valence-corrected chi connectivity index (χ1v) is 6.14. The number of aromatic nitrogens is 2. The van der Waals surface area contributed by atoms with Crippen molar-refractivity contribution in [1.82, 2.24) is 10.2 Å². The number of nitrogens with one attached hydrogen (secondary N) is 1. The molecule has 1 aromatic carbocycles. The van der Waals surface area contributed by atoms with Gasteiger partial charge in [0.15, 0.2) is 0 Å². The smallest absolute Gasteiger partial charge is 0.128 e. The maximum Gasteiger partial charge on any atom is 0.128 e. The largest absolute Gasteiger partial charge is 0.496 e. The van der Waals surface area contributed by atoms with E-state index in [4.69, 9.17) is 4.74 Å². The van der Waals surface area contributed by atoms with Gasteiger partial charge in [-0.05, 0) is 24.5 Å². The van der Waals surface area contributed by atoms with E-state index in [9.17, 15) is 0 Å². The third-order valence-corrected chi connectivity index (χ3v) is 3.06. The zero-order valence-corrected chi connectivity index (χ0v) is 11.7. The van der Waals surface area contributed by atoms with Crippen molar-refractivity contribution in [3.8, 4) is 17.0 Å². The van der Waals surface area contributed by atoms with E-state index in [-0.39, 0.29) is 5.41 Å². The summed E-state index contributed by atoms with van der Waals surface area (Å²) in [5.74, 6) is 0.856. The van der Waals surface area contributed by atoms with Gasteiger partial charge >= 0.3 is 0 Å². The Hall–Kier alpha value is -1.77. The Labute approximate surface area is 108 Å². The van der Waals surface area contributed by atoms with Crippen LogP contribution in [0.4, 0.5) is 0 Å². The number of ether oxygens (including phenoxy) is 1. The molecule has 0 bridgehead atoms. The van der Waals surface area contributed by atoms with Gasteiger partial charge in [0, 0.05) is 16.8 Å². The first-order valence-electron chi connectivity index (χ1n) is 6.14. The Balaban J connectivity index is 2.65. The van der Waals surface area contributed by atoms with Crippen LogP contribution in [0.3, 0.4) is 0 Å². The minimum atomic E-state index is 0.0489. The standard InChI is InChI=1S/C15H20N2O/c1-10-13(15(2,3)4)14(17-16-10)11-8-6-7-9-12(11)18-5/h6-9H,1-5H3,(H,16,17). The first kappa shape index (κ1) is 12.7. The lowest BCUT2D eigenvalue weighted by Gasteiger charge is -2.20. The average Bonchev–Trinajstić information content (AvgIpc) is 2.70. The number of hydrogen-bond acceptors (Lipinski definition) is 2. The lowest BCUT2D eigenvalue weighted by atomic mass is 9.83. The van der Waals surface area contributed by atoms with Crippen LogP contribution in [-0.4, -0.2) is 17.3 Å². The van der Waals surface area contributed by atoms with Crippen LogP contribution < -0.4 is 4.74 Å². The Morgan fingerprint density at radius 1 is 1.17 bits per heavy atom. The summed E-state index contributed by atoms with van der Waals surface area (Å²) in [6, 6.07) is 7.99. The second kappa shape index (κ2) is 4.48. The molecule has 1 N–H and O–H groups in total. The highest BCUT2D eigenvalue weighted by Crippen LogP contribution is 2.37. The van der Waals surface area contributed by atoms with Crippen molar-refractivity contribution in [2.45, 2.75) is 33.1 Å². The van der Waals surface area contributed by atoms with E-state index in [1.807, 2.05) is 24.3 Å². The number of H-pyrrole nitrogens is 1. The fourth-order valence-corrected chi connectivity index (χ4v) is 2.38. The lowest BCUT2D eigenvalue weighted by molar-refractivity contribution is 0.416. The van der Waals surface area contributed by atoms with Crippen LogP contribution in [0.5, 0.6) is 5.75 Å². The minimum absolute atomic E-state index is 0.0489. The maximum atomic E-state index is 5.42. The van der Waals surface area contributed by atoms with E-state index >= 15 is 0 Å². The van der Waals surface area contributed by atoms with Gasteiger partial charge in [-0.25, -0.2) is 0 Å². The summed E-state index contributed by atoms with van der Waals surface area (Å²) >= 11 is 0. The summed E-state index contributed by atoms with van der Waals surface area (Å²) in [4.78, 5) is 0. The normalized spacial score (nSPS) is 11.6. The molecule has 0 aliphatic heterocycles. The van der Waals surface area contributed by atoms with Gasteiger partial charge in [0.05, 0.1) is 12.8 Å². The van der Waals surface area contributed by atoms with Crippen molar-refractivity contribution in [2.24, 2.45) is 0 Å². The van der Waals surface area contributed by atoms with Crippen LogP contribution in [-0.2, 0) is 5.41 Å². The monoisotopic (exact) mass is 244 g/mol. The molecule has 1 heterocycles. The Bertz CT molecular complexity index is 550. The molecular formula is C15H20N2O. The minimum Gasteiger partial charge on any atom is -0.496 e. The van der Waals surface area contributed by atoms with Crippen LogP contribution >= 0.6 is 0 Å². The third kappa shape index (κ3) is 2.13. The average molecular weight is 244 g/mol. The zero-order chi connectivity index (χ0) is 13.3. The molecule has 0 unspecified atom stereocenters. The second-order valence-electron chi connectivity index (χ2n) is 5.52. The summed E-state index contributed by atoms with van der Waals surface area (Å²) < 4.78 is 5.42. The van der Waals surface area contributed by atoms with Gasteiger partial charge in [0.1, 0.15) is 5.75 Å². The molecule has 3 heteroatoms. The van der Waals surface area contributed by atoms with Gasteiger partial charge in [-0.15, -0.1) is 0 Å². The Morgan fingerprint density at radius 2 is 1.83 bits per heavy atom. The van der Waals surface area contributed by atoms with E-state index < -0.39 is 0 Å². The van der Waals surface area contributed by atoms with Crippen molar-refractivity contribution in [2.75, 3.05) is 7.11 Å². The Kier molecular flexibility index (Phi) is 3.16. The number of aryl methyl sites for hydroxylation is 1. The molecule has 0 saturated heterocycles. The van der Waals surface area contributed by atoms with Crippen molar-refractivity contribution in [3.63, 3.8) is 0 Å². The van der Waals surface area contributed by atoms with Gasteiger partial charge in [-0.3, -0.25) is 5.10 Å². The van der Waals surface area contributed by atoms with Crippen LogP contribution in [0.2, 0.25) is 0 Å². The molecule has 3 nitrogen and oxygen atoms in total. The second-order valence-corrected chi connectivity index (χ2v) is 5.52. The van der Waals surface area contributed by atoms with Gasteiger partial charge in [-0.1, -0.05) is 32.9 Å². The highest BCUT2D eigenvalue weighted by Gasteiger charge is 2.25. The molecule has 0 radical (unpaired) electrons. The van der Waals surface area contributed by atoms with Crippen LogP contribution in [0.25, 0.3) is 11.3 Å². The van der Waals surface area contributed by atoms with Crippen LogP contribution in [0.15, 0.2) is 24.3 Å². The highest BCUT2D eigenvalue weighted by molar-refractivity contribution is 5.71. The molecule has 18 heavy (non-hydrogen) atoms. The number of rotatable bonds is 2. The molecule has 0 aliphatic carbocycles. The van der Waals surface area contributed by atoms with E-state index in [1.165, 1.54) is 5.56 Å². The number of methoxy groups -OCH3 is 1. The lowest BCUT2D eigenvalue weighted by Crippen LogP contribution is -2.13. The fourth-order valence-electron chi connectivity index (χ4n) is 2.38. The summed E-state index contributed by atoms with van der Waals surface area (Å²) in [5, 5.41) is 7.54. The molecule has 0 fully saturated rings. The summed E-state index contributed by atoms with van der Waals surface area (Å²) in [5.41, 5.74) is 4.43. The topological polar surface area (TPSA) is 37.9 Å². The molecule has 2 rings (SSSR count). The number of hydrogen-bond donors (Lipinski definition) is 1. The van der Waals surface area contributed by atoms with Gasteiger partial charge in [0.25, 0.3) is 0 Å².